The van der Waals surface area contributed by atoms with Crippen LogP contribution in [0.5, 0.6) is 0 Å². The monoisotopic (exact) mass is 436 g/mol. The molecule has 3 aromatic carbocycles. The van der Waals surface area contributed by atoms with Crippen LogP contribution in [0.3, 0.4) is 0 Å². The molecule has 0 radical (unpaired) electrons. The van der Waals surface area contributed by atoms with Gasteiger partial charge in [0.2, 0.25) is 0 Å². The third-order valence-corrected chi connectivity index (χ3v) is 7.21. The van der Waals surface area contributed by atoms with E-state index in [9.17, 15) is 13.2 Å². The minimum absolute atomic E-state index is 0.136. The molecule has 0 aromatic heterocycles. The van der Waals surface area contributed by atoms with Crippen LogP contribution in [0.2, 0.25) is 0 Å². The number of nitrogens with one attached hydrogen (secondary N) is 1. The smallest absolute Gasteiger partial charge is 0.264 e. The number of carbonyl (C=O) groups is 1. The molecule has 1 amide bonds. The van der Waals surface area contributed by atoms with E-state index >= 15 is 0 Å². The first-order valence-corrected chi connectivity index (χ1v) is 11.7. The minimum atomic E-state index is -3.67. The van der Waals surface area contributed by atoms with E-state index < -0.39 is 10.0 Å². The van der Waals surface area contributed by atoms with Crippen molar-refractivity contribution in [3.05, 3.63) is 95.1 Å². The Balaban J connectivity index is 1.71. The van der Waals surface area contributed by atoms with Crippen molar-refractivity contribution < 1.29 is 13.2 Å². The first-order valence-electron chi connectivity index (χ1n) is 10.3. The molecule has 0 aliphatic carbocycles. The third kappa shape index (κ3) is 5.14. The van der Waals surface area contributed by atoms with E-state index in [0.717, 1.165) is 17.5 Å². The Morgan fingerprint density at radius 2 is 1.52 bits per heavy atom. The molecule has 1 N–H and O–H groups in total. The minimum Gasteiger partial charge on any atom is -0.346 e. The first kappa shape index (κ1) is 22.6. The van der Waals surface area contributed by atoms with Gasteiger partial charge in [-0.25, -0.2) is 8.42 Å². The van der Waals surface area contributed by atoms with Gasteiger partial charge in [-0.15, -0.1) is 0 Å². The lowest BCUT2D eigenvalue weighted by Gasteiger charge is -2.20. The van der Waals surface area contributed by atoms with Crippen LogP contribution in [0.25, 0.3) is 0 Å². The summed E-state index contributed by atoms with van der Waals surface area (Å²) in [6.45, 7) is 5.95. The molecule has 6 heteroatoms. The molecule has 0 saturated carbocycles. The molecule has 31 heavy (non-hydrogen) atoms. The summed E-state index contributed by atoms with van der Waals surface area (Å²) in [5, 5.41) is 2.99. The highest BCUT2D eigenvalue weighted by molar-refractivity contribution is 7.92. The van der Waals surface area contributed by atoms with Crippen molar-refractivity contribution in [2.75, 3.05) is 11.4 Å². The number of hydrogen-bond donors (Lipinski definition) is 1. The summed E-state index contributed by atoms with van der Waals surface area (Å²) < 4.78 is 26.9. The first-order chi connectivity index (χ1) is 14.7. The van der Waals surface area contributed by atoms with Crippen LogP contribution in [-0.4, -0.2) is 21.4 Å². The highest BCUT2D eigenvalue weighted by Gasteiger charge is 2.21. The maximum atomic E-state index is 12.9. The Hall–Kier alpha value is -3.12. The van der Waals surface area contributed by atoms with E-state index in [1.807, 2.05) is 26.0 Å². The van der Waals surface area contributed by atoms with Crippen molar-refractivity contribution in [2.24, 2.45) is 0 Å². The zero-order valence-electron chi connectivity index (χ0n) is 18.3. The van der Waals surface area contributed by atoms with Crippen LogP contribution in [0.15, 0.2) is 77.7 Å². The third-order valence-electron chi connectivity index (χ3n) is 5.41. The number of amides is 1. The van der Waals surface area contributed by atoms with Crippen molar-refractivity contribution in [1.82, 2.24) is 5.32 Å². The van der Waals surface area contributed by atoms with Crippen LogP contribution in [0.1, 0.15) is 46.9 Å². The van der Waals surface area contributed by atoms with E-state index in [0.29, 0.717) is 11.3 Å². The normalized spacial score (nSPS) is 12.3. The summed E-state index contributed by atoms with van der Waals surface area (Å²) >= 11 is 0. The van der Waals surface area contributed by atoms with E-state index in [1.165, 1.54) is 16.9 Å². The standard InChI is InChI=1S/C25H28N2O3S/c1-5-20-8-10-21(11-9-20)19(3)26-25(28)22-12-14-23(15-13-22)27(4)31(29,30)24-16-6-18(2)7-17-24/h6-17,19H,5H2,1-4H3,(H,26,28)/t19-/m1/s1. The van der Waals surface area contributed by atoms with Gasteiger partial charge in [-0.1, -0.05) is 48.9 Å². The fourth-order valence-corrected chi connectivity index (χ4v) is 4.43. The molecule has 1 atom stereocenters. The second-order valence-corrected chi connectivity index (χ2v) is 9.59. The summed E-state index contributed by atoms with van der Waals surface area (Å²) in [5.41, 5.74) is 4.24. The lowest BCUT2D eigenvalue weighted by Crippen LogP contribution is -2.28. The van der Waals surface area contributed by atoms with Gasteiger partial charge in [0.15, 0.2) is 0 Å². The van der Waals surface area contributed by atoms with Gasteiger partial charge < -0.3 is 5.32 Å². The molecule has 162 valence electrons. The lowest BCUT2D eigenvalue weighted by atomic mass is 10.0. The number of rotatable bonds is 7. The van der Waals surface area contributed by atoms with Gasteiger partial charge >= 0.3 is 0 Å². The molecule has 0 bridgehead atoms. The zero-order valence-corrected chi connectivity index (χ0v) is 19.1. The van der Waals surface area contributed by atoms with E-state index in [-0.39, 0.29) is 16.8 Å². The Morgan fingerprint density at radius 3 is 2.06 bits per heavy atom. The highest BCUT2D eigenvalue weighted by Crippen LogP contribution is 2.23. The van der Waals surface area contributed by atoms with E-state index in [1.54, 1.807) is 48.5 Å². The average Bonchev–Trinajstić information content (AvgIpc) is 2.79. The molecule has 0 heterocycles. The van der Waals surface area contributed by atoms with Gasteiger partial charge in [0, 0.05) is 12.6 Å². The number of benzene rings is 3. The number of nitrogens with zero attached hydrogens (tertiary/aromatic N) is 1. The molecule has 0 saturated heterocycles. The van der Waals surface area contributed by atoms with Crippen molar-refractivity contribution in [3.63, 3.8) is 0 Å². The molecular formula is C25H28N2O3S. The fourth-order valence-electron chi connectivity index (χ4n) is 3.24. The molecule has 0 unspecified atom stereocenters. The summed E-state index contributed by atoms with van der Waals surface area (Å²) in [6.07, 6.45) is 0.974. The molecule has 0 spiro atoms. The van der Waals surface area contributed by atoms with Gasteiger partial charge in [-0.2, -0.15) is 0 Å². The topological polar surface area (TPSA) is 66.5 Å². The summed E-state index contributed by atoms with van der Waals surface area (Å²) in [5.74, 6) is -0.206. The van der Waals surface area contributed by atoms with Gasteiger partial charge in [0.1, 0.15) is 0 Å². The molecule has 0 fully saturated rings. The van der Waals surface area contributed by atoms with Crippen LogP contribution in [-0.2, 0) is 16.4 Å². The summed E-state index contributed by atoms with van der Waals surface area (Å²) in [6, 6.07) is 21.3. The van der Waals surface area contributed by atoms with Crippen molar-refractivity contribution >= 4 is 21.6 Å². The number of anilines is 1. The number of aryl methyl sites for hydroxylation is 2. The lowest BCUT2D eigenvalue weighted by molar-refractivity contribution is 0.0940. The zero-order chi connectivity index (χ0) is 22.6. The van der Waals surface area contributed by atoms with Gasteiger partial charge in [0.05, 0.1) is 16.6 Å². The van der Waals surface area contributed by atoms with Crippen LogP contribution < -0.4 is 9.62 Å². The molecule has 3 rings (SSSR count). The Morgan fingerprint density at radius 1 is 0.935 bits per heavy atom. The average molecular weight is 437 g/mol. The quantitative estimate of drug-likeness (QED) is 0.574. The highest BCUT2D eigenvalue weighted by atomic mass is 32.2. The Bertz CT molecular complexity index is 1140. The predicted molar refractivity (Wildman–Crippen MR) is 125 cm³/mol. The largest absolute Gasteiger partial charge is 0.346 e. The predicted octanol–water partition coefficient (Wildman–Crippen LogP) is 4.87. The molecule has 3 aromatic rings. The number of sulfonamides is 1. The second kappa shape index (κ2) is 9.35. The second-order valence-electron chi connectivity index (χ2n) is 7.62. The SMILES string of the molecule is CCc1ccc([C@@H](C)NC(=O)c2ccc(N(C)S(=O)(=O)c3ccc(C)cc3)cc2)cc1. The molecule has 5 nitrogen and oxygen atoms in total. The van der Waals surface area contributed by atoms with Crippen LogP contribution in [0.4, 0.5) is 5.69 Å². The molecule has 0 aliphatic rings. The van der Waals surface area contributed by atoms with Gasteiger partial charge in [0.25, 0.3) is 15.9 Å². The summed E-state index contributed by atoms with van der Waals surface area (Å²) in [4.78, 5) is 12.9. The Labute approximate surface area is 184 Å². The molecule has 0 aliphatic heterocycles. The van der Waals surface area contributed by atoms with Crippen molar-refractivity contribution in [1.29, 1.82) is 0 Å². The number of hydrogen-bond acceptors (Lipinski definition) is 3. The maximum absolute atomic E-state index is 12.9. The van der Waals surface area contributed by atoms with Crippen molar-refractivity contribution in [2.45, 2.75) is 38.1 Å². The van der Waals surface area contributed by atoms with Crippen molar-refractivity contribution in [3.8, 4) is 0 Å². The Kier molecular flexibility index (Phi) is 6.81. The van der Waals surface area contributed by atoms with Gasteiger partial charge in [-0.3, -0.25) is 9.10 Å². The molecular weight excluding hydrogens is 408 g/mol. The van der Waals surface area contributed by atoms with E-state index in [2.05, 4.69) is 24.4 Å². The number of carbonyl (C=O) groups excluding carboxylic acids is 1. The van der Waals surface area contributed by atoms with Crippen LogP contribution >= 0.6 is 0 Å². The van der Waals surface area contributed by atoms with Crippen LogP contribution in [0, 0.1) is 6.92 Å². The maximum Gasteiger partial charge on any atom is 0.264 e. The fraction of sp³-hybridized carbons (Fsp3) is 0.240. The summed E-state index contributed by atoms with van der Waals surface area (Å²) in [7, 11) is -2.16. The van der Waals surface area contributed by atoms with E-state index in [4.69, 9.17) is 0 Å². The van der Waals surface area contributed by atoms with Gasteiger partial charge in [-0.05, 0) is 67.8 Å².